The van der Waals surface area contributed by atoms with Gasteiger partial charge in [-0.2, -0.15) is 0 Å². The third-order valence-electron chi connectivity index (χ3n) is 4.88. The summed E-state index contributed by atoms with van der Waals surface area (Å²) in [5.41, 5.74) is 1.01. The summed E-state index contributed by atoms with van der Waals surface area (Å²) in [6, 6.07) is 11.5. The first kappa shape index (κ1) is 21.5. The van der Waals surface area contributed by atoms with Gasteiger partial charge in [-0.1, -0.05) is 25.1 Å². The van der Waals surface area contributed by atoms with Crippen LogP contribution in [0.3, 0.4) is 0 Å². The second-order valence-electron chi connectivity index (χ2n) is 7.43. The van der Waals surface area contributed by atoms with Crippen LogP contribution in [0.5, 0.6) is 5.75 Å². The number of ether oxygens (including phenoxy) is 1. The Labute approximate surface area is 176 Å². The molecule has 1 aromatic heterocycles. The Morgan fingerprint density at radius 2 is 2.00 bits per heavy atom. The van der Waals surface area contributed by atoms with Crippen molar-refractivity contribution in [1.29, 1.82) is 0 Å². The van der Waals surface area contributed by atoms with Crippen LogP contribution < -0.4 is 4.74 Å². The van der Waals surface area contributed by atoms with Crippen molar-refractivity contribution in [2.75, 3.05) is 33.8 Å². The Balaban J connectivity index is 2.07. The van der Waals surface area contributed by atoms with Gasteiger partial charge in [0.05, 0.1) is 17.9 Å². The number of hydrogen-bond acceptors (Lipinski definition) is 6. The highest BCUT2D eigenvalue weighted by atomic mass is 16.5. The predicted octanol–water partition coefficient (Wildman–Crippen LogP) is 2.85. The third kappa shape index (κ3) is 4.52. The molecule has 1 amide bonds. The van der Waals surface area contributed by atoms with Crippen molar-refractivity contribution in [3.63, 3.8) is 0 Å². The lowest BCUT2D eigenvalue weighted by molar-refractivity contribution is -0.140. The molecular formula is C23H27N3O4. The van der Waals surface area contributed by atoms with Gasteiger partial charge in [0.25, 0.3) is 11.7 Å². The number of rotatable bonds is 8. The minimum absolute atomic E-state index is 0.0464. The van der Waals surface area contributed by atoms with Gasteiger partial charge in [0.2, 0.25) is 0 Å². The minimum Gasteiger partial charge on any atom is -0.507 e. The number of likely N-dealkylation sites (N-methyl/N-ethyl adjacent to an activating group) is 1. The summed E-state index contributed by atoms with van der Waals surface area (Å²) in [7, 11) is 3.79. The van der Waals surface area contributed by atoms with Crippen LogP contribution in [-0.4, -0.2) is 65.4 Å². The van der Waals surface area contributed by atoms with Crippen molar-refractivity contribution < 1.29 is 19.4 Å². The van der Waals surface area contributed by atoms with Crippen LogP contribution in [0.25, 0.3) is 5.76 Å². The van der Waals surface area contributed by atoms with Crippen molar-refractivity contribution in [2.24, 2.45) is 0 Å². The number of aliphatic hydroxyl groups is 1. The van der Waals surface area contributed by atoms with E-state index in [-0.39, 0.29) is 11.3 Å². The molecule has 7 nitrogen and oxygen atoms in total. The molecule has 158 valence electrons. The predicted molar refractivity (Wildman–Crippen MR) is 114 cm³/mol. The fraction of sp³-hybridized carbons (Fsp3) is 0.348. The fourth-order valence-corrected chi connectivity index (χ4v) is 3.37. The second kappa shape index (κ2) is 9.54. The summed E-state index contributed by atoms with van der Waals surface area (Å²) < 4.78 is 5.64. The highest BCUT2D eigenvalue weighted by Crippen LogP contribution is 2.38. The molecule has 1 aromatic carbocycles. The number of aliphatic hydroxyl groups excluding tert-OH is 1. The molecule has 1 fully saturated rings. The number of carbonyl (C=O) groups excluding carboxylic acids is 2. The van der Waals surface area contributed by atoms with E-state index in [0.717, 1.165) is 6.42 Å². The number of likely N-dealkylation sites (tertiary alicyclic amines) is 1. The zero-order valence-corrected chi connectivity index (χ0v) is 17.5. The minimum atomic E-state index is -0.744. The molecule has 1 saturated heterocycles. The summed E-state index contributed by atoms with van der Waals surface area (Å²) in [5.74, 6) is -0.968. The Morgan fingerprint density at radius 1 is 1.20 bits per heavy atom. The fourth-order valence-electron chi connectivity index (χ4n) is 3.37. The monoisotopic (exact) mass is 409 g/mol. The molecule has 0 radical (unpaired) electrons. The van der Waals surface area contributed by atoms with E-state index in [0.29, 0.717) is 36.7 Å². The Morgan fingerprint density at radius 3 is 2.67 bits per heavy atom. The summed E-state index contributed by atoms with van der Waals surface area (Å²) in [4.78, 5) is 33.5. The number of aromatic nitrogens is 1. The molecule has 0 bridgehead atoms. The number of benzene rings is 1. The lowest BCUT2D eigenvalue weighted by atomic mass is 9.98. The van der Waals surface area contributed by atoms with Gasteiger partial charge in [0.1, 0.15) is 17.6 Å². The Hall–Kier alpha value is -3.19. The van der Waals surface area contributed by atoms with E-state index < -0.39 is 17.7 Å². The van der Waals surface area contributed by atoms with Gasteiger partial charge in [-0.3, -0.25) is 14.6 Å². The maximum atomic E-state index is 12.9. The number of amides is 1. The Kier molecular flexibility index (Phi) is 6.84. The van der Waals surface area contributed by atoms with Crippen molar-refractivity contribution in [3.05, 3.63) is 65.5 Å². The van der Waals surface area contributed by atoms with Crippen LogP contribution >= 0.6 is 0 Å². The van der Waals surface area contributed by atoms with Crippen LogP contribution in [0, 0.1) is 0 Å². The van der Waals surface area contributed by atoms with Gasteiger partial charge >= 0.3 is 0 Å². The Bertz CT molecular complexity index is 940. The van der Waals surface area contributed by atoms with Crippen molar-refractivity contribution >= 4 is 17.4 Å². The molecule has 0 spiro atoms. The first-order chi connectivity index (χ1) is 14.4. The van der Waals surface area contributed by atoms with Gasteiger partial charge < -0.3 is 19.6 Å². The molecule has 1 unspecified atom stereocenters. The lowest BCUT2D eigenvalue weighted by Crippen LogP contribution is -2.35. The summed E-state index contributed by atoms with van der Waals surface area (Å²) in [6.07, 6.45) is 2.47. The van der Waals surface area contributed by atoms with Crippen LogP contribution in [0.4, 0.5) is 0 Å². The first-order valence-electron chi connectivity index (χ1n) is 10.0. The molecule has 7 heteroatoms. The van der Waals surface area contributed by atoms with Gasteiger partial charge in [-0.25, -0.2) is 0 Å². The quantitative estimate of drug-likeness (QED) is 0.410. The maximum absolute atomic E-state index is 12.9. The summed E-state index contributed by atoms with van der Waals surface area (Å²) >= 11 is 0. The van der Waals surface area contributed by atoms with Crippen molar-refractivity contribution in [3.8, 4) is 5.75 Å². The first-order valence-corrected chi connectivity index (χ1v) is 10.0. The zero-order valence-electron chi connectivity index (χ0n) is 17.5. The smallest absolute Gasteiger partial charge is 0.295 e. The van der Waals surface area contributed by atoms with E-state index >= 15 is 0 Å². The van der Waals surface area contributed by atoms with Crippen LogP contribution in [0.1, 0.15) is 30.6 Å². The van der Waals surface area contributed by atoms with E-state index in [2.05, 4.69) is 4.98 Å². The average Bonchev–Trinajstić information content (AvgIpc) is 3.01. The molecule has 3 rings (SSSR count). The highest BCUT2D eigenvalue weighted by Gasteiger charge is 2.46. The van der Waals surface area contributed by atoms with E-state index in [1.165, 1.54) is 4.90 Å². The van der Waals surface area contributed by atoms with Gasteiger partial charge in [0, 0.05) is 24.8 Å². The lowest BCUT2D eigenvalue weighted by Gasteiger charge is -2.25. The molecule has 1 atom stereocenters. The molecule has 1 aliphatic rings. The number of nitrogens with zero attached hydrogens (tertiary/aromatic N) is 3. The van der Waals surface area contributed by atoms with Crippen LogP contribution in [0.2, 0.25) is 0 Å². The molecule has 30 heavy (non-hydrogen) atoms. The van der Waals surface area contributed by atoms with Gasteiger partial charge in [0.15, 0.2) is 0 Å². The molecule has 1 aliphatic heterocycles. The molecular weight excluding hydrogens is 382 g/mol. The van der Waals surface area contributed by atoms with Gasteiger partial charge in [-0.15, -0.1) is 0 Å². The van der Waals surface area contributed by atoms with Crippen molar-refractivity contribution in [2.45, 2.75) is 19.4 Å². The molecule has 2 heterocycles. The second-order valence-corrected chi connectivity index (χ2v) is 7.43. The molecule has 0 saturated carbocycles. The van der Waals surface area contributed by atoms with E-state index in [1.54, 1.807) is 48.7 Å². The van der Waals surface area contributed by atoms with E-state index in [1.807, 2.05) is 25.9 Å². The number of ketones is 1. The number of Topliss-reactive ketones (excluding diaryl/α,β-unsaturated/α-hetero) is 1. The number of pyridine rings is 1. The normalized spacial score (nSPS) is 18.3. The van der Waals surface area contributed by atoms with E-state index in [4.69, 9.17) is 4.74 Å². The third-order valence-corrected chi connectivity index (χ3v) is 4.88. The summed E-state index contributed by atoms with van der Waals surface area (Å²) in [6.45, 7) is 3.48. The van der Waals surface area contributed by atoms with Gasteiger partial charge in [-0.05, 0) is 44.8 Å². The van der Waals surface area contributed by atoms with Crippen LogP contribution in [-0.2, 0) is 9.59 Å². The number of carbonyl (C=O) groups is 2. The number of hydrogen-bond donors (Lipinski definition) is 1. The van der Waals surface area contributed by atoms with Crippen molar-refractivity contribution in [1.82, 2.24) is 14.8 Å². The average molecular weight is 409 g/mol. The standard InChI is InChI=1S/C23H27N3O4/c1-4-14-30-17-9-7-8-16(15-17)21(27)19-20(18-10-5-6-11-24-18)26(13-12-25(2)3)23(29)22(19)28/h5-11,15,20,27H,4,12-14H2,1-3H3/b21-19-. The molecule has 2 aromatic rings. The highest BCUT2D eigenvalue weighted by molar-refractivity contribution is 6.46. The van der Waals surface area contributed by atoms with Crippen LogP contribution in [0.15, 0.2) is 54.2 Å². The SMILES string of the molecule is CCCOc1cccc(/C(O)=C2/C(=O)C(=O)N(CCN(C)C)C2c2ccccn2)c1. The maximum Gasteiger partial charge on any atom is 0.295 e. The van der Waals surface area contributed by atoms with E-state index in [9.17, 15) is 14.7 Å². The molecule has 0 aliphatic carbocycles. The molecule has 1 N–H and O–H groups in total. The topological polar surface area (TPSA) is 83.0 Å². The summed E-state index contributed by atoms with van der Waals surface area (Å²) in [5, 5.41) is 11.1. The zero-order chi connectivity index (χ0) is 21.7. The largest absolute Gasteiger partial charge is 0.507 e.